The van der Waals surface area contributed by atoms with Gasteiger partial charge in [0, 0.05) is 23.0 Å². The Morgan fingerprint density at radius 2 is 1.91 bits per heavy atom. The number of benzene rings is 2. The number of hydrogen-bond donors (Lipinski definition) is 1. The van der Waals surface area contributed by atoms with Crippen molar-refractivity contribution in [2.45, 2.75) is 32.9 Å². The van der Waals surface area contributed by atoms with Crippen LogP contribution < -0.4 is 10.1 Å². The van der Waals surface area contributed by atoms with Gasteiger partial charge in [-0.25, -0.2) is 14.5 Å². The topological polar surface area (TPSA) is 94.8 Å². The highest BCUT2D eigenvalue weighted by Gasteiger charge is 2.40. The predicted molar refractivity (Wildman–Crippen MR) is 130 cm³/mol. The molecule has 176 valence electrons. The van der Waals surface area contributed by atoms with Crippen LogP contribution in [0.4, 0.5) is 4.79 Å². The second-order valence-corrected chi connectivity index (χ2v) is 8.61. The monoisotopic (exact) mass is 480 g/mol. The summed E-state index contributed by atoms with van der Waals surface area (Å²) in [7, 11) is 1.54. The van der Waals surface area contributed by atoms with Crippen molar-refractivity contribution in [3.8, 4) is 22.7 Å². The summed E-state index contributed by atoms with van der Waals surface area (Å²) < 4.78 is 12.5. The Hall–Kier alpha value is -3.65. The Labute approximate surface area is 202 Å². The zero-order chi connectivity index (χ0) is 24.4. The summed E-state index contributed by atoms with van der Waals surface area (Å²) in [5, 5.41) is 8.06. The van der Waals surface area contributed by atoms with Gasteiger partial charge < -0.3 is 14.8 Å². The van der Waals surface area contributed by atoms with E-state index in [9.17, 15) is 9.59 Å². The Balaban J connectivity index is 1.88. The van der Waals surface area contributed by atoms with Crippen LogP contribution in [0.5, 0.6) is 5.75 Å². The molecule has 2 unspecified atom stereocenters. The van der Waals surface area contributed by atoms with Gasteiger partial charge in [-0.1, -0.05) is 29.8 Å². The quantitative estimate of drug-likeness (QED) is 0.501. The van der Waals surface area contributed by atoms with Crippen molar-refractivity contribution < 1.29 is 19.1 Å². The highest BCUT2D eigenvalue weighted by Crippen LogP contribution is 2.37. The van der Waals surface area contributed by atoms with Gasteiger partial charge in [-0.05, 0) is 51.1 Å². The average molecular weight is 481 g/mol. The fourth-order valence-corrected chi connectivity index (χ4v) is 4.21. The minimum atomic E-state index is -0.805. The van der Waals surface area contributed by atoms with Crippen LogP contribution in [0.25, 0.3) is 16.9 Å². The maximum atomic E-state index is 13.1. The molecule has 2 aromatic carbocycles. The highest BCUT2D eigenvalue weighted by molar-refractivity contribution is 6.32. The number of esters is 1. The fourth-order valence-electron chi connectivity index (χ4n) is 3.96. The van der Waals surface area contributed by atoms with E-state index in [4.69, 9.17) is 26.2 Å². The van der Waals surface area contributed by atoms with Gasteiger partial charge in [0.2, 0.25) is 0 Å². The number of rotatable bonds is 6. The molecule has 0 saturated carbocycles. The first-order chi connectivity index (χ1) is 16.3. The molecule has 0 aliphatic carbocycles. The molecule has 3 aromatic rings. The van der Waals surface area contributed by atoms with Gasteiger partial charge >= 0.3 is 12.0 Å². The van der Waals surface area contributed by atoms with E-state index in [1.54, 1.807) is 44.7 Å². The molecule has 0 fully saturated rings. The van der Waals surface area contributed by atoms with Crippen molar-refractivity contribution in [1.82, 2.24) is 15.1 Å². The van der Waals surface area contributed by atoms with Gasteiger partial charge in [0.25, 0.3) is 0 Å². The zero-order valence-corrected chi connectivity index (χ0v) is 20.0. The van der Waals surface area contributed by atoms with E-state index in [0.717, 1.165) is 5.69 Å². The zero-order valence-electron chi connectivity index (χ0n) is 19.3. The number of halogens is 1. The van der Waals surface area contributed by atoms with Crippen LogP contribution in [-0.2, 0) is 9.53 Å². The molecule has 1 aromatic heterocycles. The number of carbonyl (C=O) groups excluding carboxylic acids is 2. The number of urea groups is 1. The SMILES string of the molecule is COc1ccc(-c2nn(-c3ccccc3)cc2C2NC(=O)N=C(C)C2C(=O)OC(C)C)cc1Cl. The lowest BCUT2D eigenvalue weighted by Gasteiger charge is -2.30. The maximum Gasteiger partial charge on any atom is 0.341 e. The molecule has 1 aliphatic heterocycles. The van der Waals surface area contributed by atoms with E-state index in [1.165, 1.54) is 0 Å². The number of amides is 2. The molecule has 2 amide bonds. The number of hydrogen-bond acceptors (Lipinski definition) is 5. The minimum Gasteiger partial charge on any atom is -0.495 e. The largest absolute Gasteiger partial charge is 0.495 e. The van der Waals surface area contributed by atoms with Crippen LogP contribution in [0.15, 0.2) is 59.7 Å². The first-order valence-electron chi connectivity index (χ1n) is 10.8. The number of aromatic nitrogens is 2. The van der Waals surface area contributed by atoms with E-state index in [0.29, 0.717) is 33.3 Å². The molecular weight excluding hydrogens is 456 g/mol. The summed E-state index contributed by atoms with van der Waals surface area (Å²) in [6, 6.07) is 13.6. The summed E-state index contributed by atoms with van der Waals surface area (Å²) in [6.07, 6.45) is 1.49. The Morgan fingerprint density at radius 3 is 2.56 bits per heavy atom. The van der Waals surface area contributed by atoms with Gasteiger partial charge in [0.15, 0.2) is 0 Å². The third-order valence-electron chi connectivity index (χ3n) is 5.47. The molecule has 9 heteroatoms. The molecule has 34 heavy (non-hydrogen) atoms. The predicted octanol–water partition coefficient (Wildman–Crippen LogP) is 4.99. The van der Waals surface area contributed by atoms with E-state index >= 15 is 0 Å². The van der Waals surface area contributed by atoms with Gasteiger partial charge in [-0.15, -0.1) is 0 Å². The van der Waals surface area contributed by atoms with Crippen molar-refractivity contribution >= 4 is 29.3 Å². The summed E-state index contributed by atoms with van der Waals surface area (Å²) in [4.78, 5) is 29.4. The Bertz CT molecular complexity index is 1250. The van der Waals surface area contributed by atoms with Crippen molar-refractivity contribution in [2.75, 3.05) is 7.11 Å². The van der Waals surface area contributed by atoms with Crippen LogP contribution in [-0.4, -0.2) is 40.7 Å². The van der Waals surface area contributed by atoms with Crippen molar-refractivity contribution in [3.05, 3.63) is 65.3 Å². The normalized spacial score (nSPS) is 17.8. The average Bonchev–Trinajstić information content (AvgIpc) is 3.24. The second kappa shape index (κ2) is 9.69. The smallest absolute Gasteiger partial charge is 0.341 e. The second-order valence-electron chi connectivity index (χ2n) is 8.21. The van der Waals surface area contributed by atoms with E-state index in [-0.39, 0.29) is 6.10 Å². The fraction of sp³-hybridized carbons (Fsp3) is 0.280. The first kappa shape index (κ1) is 23.5. The van der Waals surface area contributed by atoms with Gasteiger partial charge in [0.05, 0.1) is 35.7 Å². The van der Waals surface area contributed by atoms with E-state index in [1.807, 2.05) is 42.6 Å². The molecular formula is C25H25ClN4O4. The molecule has 0 spiro atoms. The molecule has 1 aliphatic rings. The number of nitrogens with one attached hydrogen (secondary N) is 1. The van der Waals surface area contributed by atoms with Gasteiger partial charge in [-0.2, -0.15) is 5.10 Å². The third-order valence-corrected chi connectivity index (χ3v) is 5.77. The standard InChI is InChI=1S/C25H25ClN4O4/c1-14(2)34-24(31)21-15(3)27-25(32)28-23(21)18-13-30(17-8-6-5-7-9-17)29-22(18)16-10-11-20(33-4)19(26)12-16/h5-14,21,23H,1-4H3,(H,28,32). The van der Waals surface area contributed by atoms with Crippen LogP contribution in [0.2, 0.25) is 5.02 Å². The first-order valence-corrected chi connectivity index (χ1v) is 11.2. The van der Waals surface area contributed by atoms with Gasteiger partial charge in [0.1, 0.15) is 11.7 Å². The number of carbonyl (C=O) groups is 2. The summed E-state index contributed by atoms with van der Waals surface area (Å²) >= 11 is 6.40. The van der Waals surface area contributed by atoms with Crippen molar-refractivity contribution in [1.29, 1.82) is 0 Å². The van der Waals surface area contributed by atoms with E-state index < -0.39 is 24.0 Å². The third kappa shape index (κ3) is 4.68. The lowest BCUT2D eigenvalue weighted by Crippen LogP contribution is -2.44. The number of methoxy groups -OCH3 is 1. The lowest BCUT2D eigenvalue weighted by atomic mass is 9.87. The molecule has 4 rings (SSSR count). The number of para-hydroxylation sites is 1. The maximum absolute atomic E-state index is 13.1. The van der Waals surface area contributed by atoms with Crippen molar-refractivity contribution in [2.24, 2.45) is 10.9 Å². The number of aliphatic imine (C=N–C) groups is 1. The van der Waals surface area contributed by atoms with Crippen molar-refractivity contribution in [3.63, 3.8) is 0 Å². The number of ether oxygens (including phenoxy) is 2. The molecule has 0 bridgehead atoms. The molecule has 1 N–H and O–H groups in total. The summed E-state index contributed by atoms with van der Waals surface area (Å²) in [6.45, 7) is 5.21. The molecule has 0 radical (unpaired) electrons. The van der Waals surface area contributed by atoms with Gasteiger partial charge in [-0.3, -0.25) is 4.79 Å². The van der Waals surface area contributed by atoms with Crippen LogP contribution in [0.3, 0.4) is 0 Å². The Morgan fingerprint density at radius 1 is 1.18 bits per heavy atom. The molecule has 0 saturated heterocycles. The van der Waals surface area contributed by atoms with Crippen LogP contribution >= 0.6 is 11.6 Å². The van der Waals surface area contributed by atoms with E-state index in [2.05, 4.69) is 10.3 Å². The minimum absolute atomic E-state index is 0.314. The Kier molecular flexibility index (Phi) is 6.70. The highest BCUT2D eigenvalue weighted by atomic mass is 35.5. The van der Waals surface area contributed by atoms with Crippen LogP contribution in [0.1, 0.15) is 32.4 Å². The lowest BCUT2D eigenvalue weighted by molar-refractivity contribution is -0.150. The summed E-state index contributed by atoms with van der Waals surface area (Å²) in [5.41, 5.74) is 3.11. The molecule has 8 nitrogen and oxygen atoms in total. The molecule has 2 heterocycles. The number of nitrogens with zero attached hydrogens (tertiary/aromatic N) is 3. The summed E-state index contributed by atoms with van der Waals surface area (Å²) in [5.74, 6) is -0.741. The molecule has 2 atom stereocenters. The van der Waals surface area contributed by atoms with Crippen LogP contribution in [0, 0.1) is 5.92 Å².